The van der Waals surface area contributed by atoms with Crippen molar-refractivity contribution < 1.29 is 13.2 Å². The zero-order valence-corrected chi connectivity index (χ0v) is 20.4. The fourth-order valence-corrected chi connectivity index (χ4v) is 5.57. The highest BCUT2D eigenvalue weighted by molar-refractivity contribution is 7.92. The second-order valence-electron chi connectivity index (χ2n) is 8.94. The second kappa shape index (κ2) is 9.91. The number of amides is 2. The van der Waals surface area contributed by atoms with Crippen molar-refractivity contribution in [1.29, 1.82) is 0 Å². The van der Waals surface area contributed by atoms with Crippen LogP contribution in [0.4, 0.5) is 21.9 Å². The number of sulfonamides is 1. The van der Waals surface area contributed by atoms with Crippen LogP contribution in [0.5, 0.6) is 0 Å². The fourth-order valence-electron chi connectivity index (χ4n) is 4.25. The topological polar surface area (TPSA) is 133 Å². The van der Waals surface area contributed by atoms with E-state index in [0.29, 0.717) is 36.9 Å². The molecule has 4 N–H and O–H groups in total. The first-order valence-electron chi connectivity index (χ1n) is 11.5. The molecule has 0 saturated heterocycles. The van der Waals surface area contributed by atoms with E-state index in [1.807, 2.05) is 31.2 Å². The van der Waals surface area contributed by atoms with E-state index in [0.717, 1.165) is 5.56 Å². The molecule has 0 spiro atoms. The Hall–Kier alpha value is -3.66. The molecule has 4 rings (SSSR count). The van der Waals surface area contributed by atoms with E-state index in [9.17, 15) is 22.8 Å². The van der Waals surface area contributed by atoms with Gasteiger partial charge in [-0.15, -0.1) is 0 Å². The number of aryl methyl sites for hydroxylation is 2. The number of rotatable bonds is 7. The van der Waals surface area contributed by atoms with Gasteiger partial charge < -0.3 is 16.0 Å². The average Bonchev–Trinajstić information content (AvgIpc) is 2.83. The van der Waals surface area contributed by atoms with Gasteiger partial charge >= 0.3 is 6.03 Å². The molecule has 0 aromatic heterocycles. The molecule has 1 aliphatic rings. The molecule has 184 valence electrons. The van der Waals surface area contributed by atoms with Crippen molar-refractivity contribution in [1.82, 2.24) is 5.32 Å². The lowest BCUT2D eigenvalue weighted by molar-refractivity contribution is 0.243. The van der Waals surface area contributed by atoms with Crippen LogP contribution >= 0.6 is 0 Å². The van der Waals surface area contributed by atoms with Crippen LogP contribution in [0.3, 0.4) is 0 Å². The van der Waals surface area contributed by atoms with Gasteiger partial charge in [-0.3, -0.25) is 14.3 Å². The third kappa shape index (κ3) is 5.54. The van der Waals surface area contributed by atoms with E-state index >= 15 is 0 Å². The highest BCUT2D eigenvalue weighted by Gasteiger charge is 2.30. The monoisotopic (exact) mass is 496 g/mol. The van der Waals surface area contributed by atoms with Gasteiger partial charge in [0.05, 0.1) is 4.90 Å². The minimum atomic E-state index is -4.01. The van der Waals surface area contributed by atoms with Gasteiger partial charge in [-0.2, -0.15) is 0 Å². The normalized spacial score (nSPS) is 18.1. The Morgan fingerprint density at radius 3 is 2.09 bits per heavy atom. The molecule has 0 radical (unpaired) electrons. The Kier molecular flexibility index (Phi) is 6.93. The van der Waals surface area contributed by atoms with Crippen molar-refractivity contribution in [3.63, 3.8) is 0 Å². The van der Waals surface area contributed by atoms with Crippen LogP contribution in [0, 0.1) is 13.8 Å². The Labute approximate surface area is 203 Å². The second-order valence-corrected chi connectivity index (χ2v) is 10.6. The predicted octanol–water partition coefficient (Wildman–Crippen LogP) is 3.25. The standard InChI is InChI=1S/C25H28N4O5S/c1-15-7-9-18(10-8-15)27-25(32)28-19-13-11-17(12-14-19)26-21-22(24(31)23(21)30)29-35(33,34)20-6-4-3-5-16(20)2/h3-10,17,19,26,29H,11-14H2,1-2H3,(H2,27,28,32). The van der Waals surface area contributed by atoms with Crippen LogP contribution < -0.4 is 31.5 Å². The molecular formula is C25H28N4O5S. The molecule has 0 atom stereocenters. The number of hydrogen-bond donors (Lipinski definition) is 4. The number of urea groups is 1. The third-order valence-corrected chi connectivity index (χ3v) is 7.76. The third-order valence-electron chi connectivity index (χ3n) is 6.25. The summed E-state index contributed by atoms with van der Waals surface area (Å²) in [5.41, 5.74) is 0.541. The molecule has 1 fully saturated rings. The van der Waals surface area contributed by atoms with E-state index in [4.69, 9.17) is 0 Å². The molecule has 0 heterocycles. The Bertz CT molecular complexity index is 1400. The lowest BCUT2D eigenvalue weighted by atomic mass is 9.91. The first kappa shape index (κ1) is 24.5. The van der Waals surface area contributed by atoms with Gasteiger partial charge in [0.25, 0.3) is 20.9 Å². The van der Waals surface area contributed by atoms with Crippen molar-refractivity contribution in [2.45, 2.75) is 56.5 Å². The van der Waals surface area contributed by atoms with Crippen molar-refractivity contribution >= 4 is 33.1 Å². The molecule has 0 bridgehead atoms. The largest absolute Gasteiger partial charge is 0.377 e. The van der Waals surface area contributed by atoms with Crippen molar-refractivity contribution in [3.05, 3.63) is 80.1 Å². The molecule has 0 aliphatic heterocycles. The number of carbonyl (C=O) groups is 1. The maximum Gasteiger partial charge on any atom is 0.319 e. The van der Waals surface area contributed by atoms with E-state index < -0.39 is 20.9 Å². The van der Waals surface area contributed by atoms with Crippen LogP contribution in [0.2, 0.25) is 0 Å². The van der Waals surface area contributed by atoms with Gasteiger partial charge in [0.1, 0.15) is 11.4 Å². The van der Waals surface area contributed by atoms with E-state index in [-0.39, 0.29) is 34.4 Å². The average molecular weight is 497 g/mol. The summed E-state index contributed by atoms with van der Waals surface area (Å²) in [5, 5.41) is 8.82. The quantitative estimate of drug-likeness (QED) is 0.371. The summed E-state index contributed by atoms with van der Waals surface area (Å²) in [7, 11) is -4.01. The number of carbonyl (C=O) groups excluding carboxylic acids is 1. The highest BCUT2D eigenvalue weighted by Crippen LogP contribution is 2.26. The summed E-state index contributed by atoms with van der Waals surface area (Å²) in [6.07, 6.45) is 2.66. The van der Waals surface area contributed by atoms with Crippen LogP contribution in [-0.4, -0.2) is 26.5 Å². The maximum absolute atomic E-state index is 12.8. The lowest BCUT2D eigenvalue weighted by Gasteiger charge is -2.31. The Morgan fingerprint density at radius 2 is 1.43 bits per heavy atom. The van der Waals surface area contributed by atoms with Gasteiger partial charge in [-0.05, 0) is 63.3 Å². The van der Waals surface area contributed by atoms with Gasteiger partial charge in [-0.25, -0.2) is 13.2 Å². The van der Waals surface area contributed by atoms with Crippen LogP contribution in [0.1, 0.15) is 36.8 Å². The summed E-state index contributed by atoms with van der Waals surface area (Å²) in [6, 6.07) is 13.5. The van der Waals surface area contributed by atoms with Gasteiger partial charge in [-0.1, -0.05) is 35.9 Å². The minimum absolute atomic E-state index is 0.000632. The van der Waals surface area contributed by atoms with Gasteiger partial charge in [0.15, 0.2) is 0 Å². The molecule has 3 aromatic rings. The van der Waals surface area contributed by atoms with Crippen molar-refractivity contribution in [3.8, 4) is 0 Å². The number of hydrogen-bond acceptors (Lipinski definition) is 6. The molecule has 1 aliphatic carbocycles. The van der Waals surface area contributed by atoms with E-state index in [1.54, 1.807) is 25.1 Å². The zero-order valence-electron chi connectivity index (χ0n) is 19.6. The molecular weight excluding hydrogens is 468 g/mol. The smallest absolute Gasteiger partial charge is 0.319 e. The van der Waals surface area contributed by atoms with Gasteiger partial charge in [0.2, 0.25) is 0 Å². The van der Waals surface area contributed by atoms with Crippen molar-refractivity contribution in [2.24, 2.45) is 0 Å². The Balaban J connectivity index is 1.33. The molecule has 10 heteroatoms. The maximum atomic E-state index is 12.8. The van der Waals surface area contributed by atoms with Gasteiger partial charge in [0, 0.05) is 17.8 Å². The first-order valence-corrected chi connectivity index (χ1v) is 12.9. The predicted molar refractivity (Wildman–Crippen MR) is 136 cm³/mol. The highest BCUT2D eigenvalue weighted by atomic mass is 32.2. The molecule has 9 nitrogen and oxygen atoms in total. The molecule has 3 aromatic carbocycles. The molecule has 35 heavy (non-hydrogen) atoms. The summed E-state index contributed by atoms with van der Waals surface area (Å²) in [6.45, 7) is 3.63. The molecule has 2 amide bonds. The summed E-state index contributed by atoms with van der Waals surface area (Å²) >= 11 is 0. The summed E-state index contributed by atoms with van der Waals surface area (Å²) in [5.74, 6) is 0. The summed E-state index contributed by atoms with van der Waals surface area (Å²) < 4.78 is 27.8. The lowest BCUT2D eigenvalue weighted by Crippen LogP contribution is -2.44. The SMILES string of the molecule is Cc1ccc(NC(=O)NC2CCC(Nc3c(NS(=O)(=O)c4ccccc4C)c(=O)c3=O)CC2)cc1. The van der Waals surface area contributed by atoms with Crippen LogP contribution in [0.25, 0.3) is 0 Å². The zero-order chi connectivity index (χ0) is 25.2. The number of nitrogens with one attached hydrogen (secondary N) is 4. The van der Waals surface area contributed by atoms with Crippen LogP contribution in [-0.2, 0) is 10.0 Å². The van der Waals surface area contributed by atoms with Crippen molar-refractivity contribution in [2.75, 3.05) is 15.4 Å². The molecule has 1 saturated carbocycles. The van der Waals surface area contributed by atoms with E-state index in [1.165, 1.54) is 6.07 Å². The van der Waals surface area contributed by atoms with E-state index in [2.05, 4.69) is 20.7 Å². The van der Waals surface area contributed by atoms with Crippen LogP contribution in [0.15, 0.2) is 63.0 Å². The number of benzene rings is 2. The molecule has 0 unspecified atom stereocenters. The Morgan fingerprint density at radius 1 is 0.829 bits per heavy atom. The summed E-state index contributed by atoms with van der Waals surface area (Å²) in [4.78, 5) is 36.6. The minimum Gasteiger partial charge on any atom is -0.377 e. The number of anilines is 3. The first-order chi connectivity index (χ1) is 16.6. The fraction of sp³-hybridized carbons (Fsp3) is 0.320.